The van der Waals surface area contributed by atoms with Crippen molar-refractivity contribution in [2.24, 2.45) is 5.92 Å². The Morgan fingerprint density at radius 1 is 1.06 bits per heavy atom. The molecule has 0 spiro atoms. The first-order chi connectivity index (χ1) is 8.31. The molecule has 0 aromatic heterocycles. The Morgan fingerprint density at radius 2 is 1.76 bits per heavy atom. The Labute approximate surface area is 104 Å². The molecular formula is C14H25NO2. The summed E-state index contributed by atoms with van der Waals surface area (Å²) in [4.78, 5) is 14.2. The van der Waals surface area contributed by atoms with E-state index in [1.54, 1.807) is 0 Å². The van der Waals surface area contributed by atoms with Gasteiger partial charge >= 0.3 is 0 Å². The van der Waals surface area contributed by atoms with Gasteiger partial charge < -0.3 is 10.0 Å². The molecule has 0 saturated heterocycles. The highest BCUT2D eigenvalue weighted by Crippen LogP contribution is 2.29. The van der Waals surface area contributed by atoms with Crippen molar-refractivity contribution in [3.05, 3.63) is 0 Å². The summed E-state index contributed by atoms with van der Waals surface area (Å²) in [7, 11) is 0. The highest BCUT2D eigenvalue weighted by Gasteiger charge is 2.29. The molecule has 1 N–H and O–H groups in total. The van der Waals surface area contributed by atoms with Crippen molar-refractivity contribution in [3.63, 3.8) is 0 Å². The molecule has 17 heavy (non-hydrogen) atoms. The zero-order chi connectivity index (χ0) is 12.1. The van der Waals surface area contributed by atoms with Crippen LogP contribution in [0.1, 0.15) is 57.8 Å². The number of hydrogen-bond donors (Lipinski definition) is 1. The molecule has 2 rings (SSSR count). The molecule has 0 radical (unpaired) electrons. The first-order valence-corrected chi connectivity index (χ1v) is 7.21. The van der Waals surface area contributed by atoms with Gasteiger partial charge in [0.2, 0.25) is 5.91 Å². The van der Waals surface area contributed by atoms with Gasteiger partial charge in [-0.1, -0.05) is 19.3 Å². The van der Waals surface area contributed by atoms with Crippen molar-refractivity contribution in [2.45, 2.75) is 63.8 Å². The van der Waals surface area contributed by atoms with E-state index in [0.717, 1.165) is 19.3 Å². The molecule has 1 amide bonds. The highest BCUT2D eigenvalue weighted by molar-refractivity contribution is 5.77. The third-order valence-corrected chi connectivity index (χ3v) is 4.36. The molecule has 0 aromatic rings. The van der Waals surface area contributed by atoms with E-state index >= 15 is 0 Å². The SMILES string of the molecule is O=C(CC1CCCCC1)N(CCO)C1CCC1. The van der Waals surface area contributed by atoms with Crippen molar-refractivity contribution < 1.29 is 9.90 Å². The first kappa shape index (κ1) is 12.9. The topological polar surface area (TPSA) is 40.5 Å². The second-order valence-corrected chi connectivity index (χ2v) is 5.60. The maximum absolute atomic E-state index is 12.3. The van der Waals surface area contributed by atoms with Gasteiger partial charge in [-0.3, -0.25) is 4.79 Å². The van der Waals surface area contributed by atoms with Crippen LogP contribution in [0.4, 0.5) is 0 Å². The van der Waals surface area contributed by atoms with Crippen LogP contribution in [0.5, 0.6) is 0 Å². The van der Waals surface area contributed by atoms with Crippen LogP contribution >= 0.6 is 0 Å². The standard InChI is InChI=1S/C14H25NO2/c16-10-9-15(13-7-4-8-13)14(17)11-12-5-2-1-3-6-12/h12-13,16H,1-11H2. The van der Waals surface area contributed by atoms with Crippen LogP contribution in [0.15, 0.2) is 0 Å². The Hall–Kier alpha value is -0.570. The lowest BCUT2D eigenvalue weighted by Crippen LogP contribution is -2.46. The van der Waals surface area contributed by atoms with Gasteiger partial charge in [0.1, 0.15) is 0 Å². The molecule has 3 heteroatoms. The number of aliphatic hydroxyl groups is 1. The Balaban J connectivity index is 1.81. The summed E-state index contributed by atoms with van der Waals surface area (Å²) < 4.78 is 0. The predicted octanol–water partition coefficient (Wildman–Crippen LogP) is 2.33. The van der Waals surface area contributed by atoms with Crippen molar-refractivity contribution in [2.75, 3.05) is 13.2 Å². The first-order valence-electron chi connectivity index (χ1n) is 7.21. The molecule has 98 valence electrons. The van der Waals surface area contributed by atoms with Crippen LogP contribution < -0.4 is 0 Å². The van der Waals surface area contributed by atoms with Gasteiger partial charge in [-0.25, -0.2) is 0 Å². The molecule has 0 unspecified atom stereocenters. The summed E-state index contributed by atoms with van der Waals surface area (Å²) in [5, 5.41) is 9.07. The minimum Gasteiger partial charge on any atom is -0.395 e. The number of nitrogens with zero attached hydrogens (tertiary/aromatic N) is 1. The Bertz CT molecular complexity index is 245. The molecule has 3 nitrogen and oxygen atoms in total. The van der Waals surface area contributed by atoms with Gasteiger partial charge in [-0.15, -0.1) is 0 Å². The summed E-state index contributed by atoms with van der Waals surface area (Å²) in [5.74, 6) is 0.896. The molecule has 0 atom stereocenters. The van der Waals surface area contributed by atoms with E-state index in [1.807, 2.05) is 4.90 Å². The number of carbonyl (C=O) groups excluding carboxylic acids is 1. The summed E-state index contributed by atoms with van der Waals surface area (Å²) in [6, 6.07) is 0.429. The van der Waals surface area contributed by atoms with E-state index < -0.39 is 0 Å². The molecular weight excluding hydrogens is 214 g/mol. The quantitative estimate of drug-likeness (QED) is 0.800. The van der Waals surface area contributed by atoms with Crippen LogP contribution in [-0.2, 0) is 4.79 Å². The van der Waals surface area contributed by atoms with Crippen LogP contribution in [0.3, 0.4) is 0 Å². The second kappa shape index (κ2) is 6.39. The monoisotopic (exact) mass is 239 g/mol. The third kappa shape index (κ3) is 3.44. The van der Waals surface area contributed by atoms with E-state index in [-0.39, 0.29) is 12.5 Å². The number of aliphatic hydroxyl groups excluding tert-OH is 1. The minimum atomic E-state index is 0.104. The van der Waals surface area contributed by atoms with Crippen LogP contribution in [0.2, 0.25) is 0 Å². The Morgan fingerprint density at radius 3 is 2.29 bits per heavy atom. The maximum atomic E-state index is 12.3. The lowest BCUT2D eigenvalue weighted by atomic mass is 9.85. The summed E-state index contributed by atoms with van der Waals surface area (Å²) in [6.07, 6.45) is 10.6. The summed E-state index contributed by atoms with van der Waals surface area (Å²) in [5.41, 5.74) is 0. The van der Waals surface area contributed by atoms with Gasteiger partial charge in [0.25, 0.3) is 0 Å². The zero-order valence-electron chi connectivity index (χ0n) is 10.7. The highest BCUT2D eigenvalue weighted by atomic mass is 16.3. The predicted molar refractivity (Wildman–Crippen MR) is 67.6 cm³/mol. The van der Waals surface area contributed by atoms with E-state index in [1.165, 1.54) is 38.5 Å². The molecule has 0 aromatic carbocycles. The smallest absolute Gasteiger partial charge is 0.223 e. The van der Waals surface area contributed by atoms with Crippen LogP contribution in [0.25, 0.3) is 0 Å². The minimum absolute atomic E-state index is 0.104. The average Bonchev–Trinajstić information content (AvgIpc) is 2.27. The normalized spacial score (nSPS) is 22.2. The van der Waals surface area contributed by atoms with Crippen molar-refractivity contribution >= 4 is 5.91 Å². The van der Waals surface area contributed by atoms with Crippen molar-refractivity contribution in [3.8, 4) is 0 Å². The van der Waals surface area contributed by atoms with Gasteiger partial charge in [0.05, 0.1) is 6.61 Å². The van der Waals surface area contributed by atoms with Gasteiger partial charge in [0, 0.05) is 19.0 Å². The van der Waals surface area contributed by atoms with Gasteiger partial charge in [-0.2, -0.15) is 0 Å². The molecule has 2 saturated carbocycles. The van der Waals surface area contributed by atoms with Crippen LogP contribution in [0, 0.1) is 5.92 Å². The van der Waals surface area contributed by atoms with E-state index in [4.69, 9.17) is 5.11 Å². The van der Waals surface area contributed by atoms with Crippen molar-refractivity contribution in [1.29, 1.82) is 0 Å². The van der Waals surface area contributed by atoms with Crippen LogP contribution in [-0.4, -0.2) is 35.1 Å². The fourth-order valence-corrected chi connectivity index (χ4v) is 3.07. The fourth-order valence-electron chi connectivity index (χ4n) is 3.07. The molecule has 0 bridgehead atoms. The van der Waals surface area contributed by atoms with Crippen molar-refractivity contribution in [1.82, 2.24) is 4.90 Å². The van der Waals surface area contributed by atoms with E-state index in [9.17, 15) is 4.79 Å². The molecule has 0 heterocycles. The summed E-state index contributed by atoms with van der Waals surface area (Å²) >= 11 is 0. The van der Waals surface area contributed by atoms with E-state index in [0.29, 0.717) is 18.5 Å². The average molecular weight is 239 g/mol. The van der Waals surface area contributed by atoms with E-state index in [2.05, 4.69) is 0 Å². The molecule has 2 aliphatic carbocycles. The fraction of sp³-hybridized carbons (Fsp3) is 0.929. The second-order valence-electron chi connectivity index (χ2n) is 5.60. The molecule has 0 aliphatic heterocycles. The number of amides is 1. The lowest BCUT2D eigenvalue weighted by Gasteiger charge is -2.38. The zero-order valence-corrected chi connectivity index (χ0v) is 10.7. The third-order valence-electron chi connectivity index (χ3n) is 4.36. The maximum Gasteiger partial charge on any atom is 0.223 e. The van der Waals surface area contributed by atoms with Gasteiger partial charge in [0.15, 0.2) is 0 Å². The molecule has 2 fully saturated rings. The number of rotatable bonds is 5. The molecule has 2 aliphatic rings. The summed E-state index contributed by atoms with van der Waals surface area (Å²) in [6.45, 7) is 0.642. The number of carbonyl (C=O) groups is 1. The number of hydrogen-bond acceptors (Lipinski definition) is 2. The lowest BCUT2D eigenvalue weighted by molar-refractivity contribution is -0.137. The van der Waals surface area contributed by atoms with Gasteiger partial charge in [-0.05, 0) is 38.0 Å². The Kier molecular flexibility index (Phi) is 4.84. The largest absolute Gasteiger partial charge is 0.395 e.